The van der Waals surface area contributed by atoms with Crippen molar-refractivity contribution in [3.63, 3.8) is 0 Å². The van der Waals surface area contributed by atoms with E-state index in [-0.39, 0.29) is 29.2 Å². The molecule has 1 N–H and O–H groups in total. The van der Waals surface area contributed by atoms with Gasteiger partial charge in [-0.2, -0.15) is 0 Å². The van der Waals surface area contributed by atoms with Crippen LogP contribution in [0, 0.1) is 5.92 Å². The maximum atomic E-state index is 12.6. The topological polar surface area (TPSA) is 96.0 Å². The molecule has 0 aromatic carbocycles. The Hall–Kier alpha value is -1.09. The number of sulfone groups is 1. The van der Waals surface area contributed by atoms with E-state index in [4.69, 9.17) is 0 Å². The normalized spacial score (nSPS) is 22.7. The average Bonchev–Trinajstić information content (AvgIpc) is 3.33. The number of aromatic amines is 1. The fourth-order valence-electron chi connectivity index (χ4n) is 3.90. The molecule has 2 heterocycles. The lowest BCUT2D eigenvalue weighted by atomic mass is 10.0. The van der Waals surface area contributed by atoms with Gasteiger partial charge in [0.05, 0.1) is 17.3 Å². The molecule has 2 aliphatic rings. The van der Waals surface area contributed by atoms with Gasteiger partial charge in [-0.05, 0) is 18.8 Å². The number of hydrogen-bond acceptors (Lipinski definition) is 6. The van der Waals surface area contributed by atoms with Gasteiger partial charge in [-0.1, -0.05) is 44.4 Å². The monoisotopic (exact) mass is 400 g/mol. The van der Waals surface area contributed by atoms with Gasteiger partial charge in [-0.25, -0.2) is 13.4 Å². The summed E-state index contributed by atoms with van der Waals surface area (Å²) in [5.41, 5.74) is 0. The van der Waals surface area contributed by atoms with E-state index in [2.05, 4.69) is 15.2 Å². The smallest absolute Gasteiger partial charge is 0.233 e. The fourth-order valence-corrected chi connectivity index (χ4v) is 6.34. The van der Waals surface area contributed by atoms with Gasteiger partial charge in [-0.15, -0.1) is 5.10 Å². The standard InChI is InChI=1S/C17H28N4O3S2/c1-2-8-21(14-7-9-26(23,24)12-14)16(22)11-25-17-18-15(19-20-17)10-13-5-3-4-6-13/h13-14H,2-12H2,1H3,(H,18,19,20). The zero-order valence-electron chi connectivity index (χ0n) is 15.3. The Morgan fingerprint density at radius 1 is 1.31 bits per heavy atom. The Morgan fingerprint density at radius 3 is 2.73 bits per heavy atom. The van der Waals surface area contributed by atoms with Crippen LogP contribution in [0.15, 0.2) is 5.16 Å². The summed E-state index contributed by atoms with van der Waals surface area (Å²) in [6.45, 7) is 2.60. The molecule has 1 saturated heterocycles. The highest BCUT2D eigenvalue weighted by molar-refractivity contribution is 7.99. The van der Waals surface area contributed by atoms with Crippen LogP contribution in [0.2, 0.25) is 0 Å². The molecule has 0 bridgehead atoms. The molecule has 1 unspecified atom stereocenters. The molecule has 1 amide bonds. The molecule has 7 nitrogen and oxygen atoms in total. The van der Waals surface area contributed by atoms with Crippen LogP contribution in [0.1, 0.15) is 51.3 Å². The molecule has 9 heteroatoms. The lowest BCUT2D eigenvalue weighted by molar-refractivity contribution is -0.130. The van der Waals surface area contributed by atoms with Crippen molar-refractivity contribution in [3.05, 3.63) is 5.82 Å². The number of nitrogens with zero attached hydrogens (tertiary/aromatic N) is 3. The van der Waals surface area contributed by atoms with Crippen molar-refractivity contribution in [3.8, 4) is 0 Å². The quantitative estimate of drug-likeness (QED) is 0.671. The number of aromatic nitrogens is 3. The van der Waals surface area contributed by atoms with Gasteiger partial charge in [0, 0.05) is 19.0 Å². The molecule has 0 spiro atoms. The predicted octanol–water partition coefficient (Wildman–Crippen LogP) is 2.06. The summed E-state index contributed by atoms with van der Waals surface area (Å²) in [7, 11) is -3.00. The van der Waals surface area contributed by atoms with Crippen LogP contribution in [0.25, 0.3) is 0 Å². The molecule has 1 aromatic rings. The van der Waals surface area contributed by atoms with E-state index in [0.29, 0.717) is 24.0 Å². The summed E-state index contributed by atoms with van der Waals surface area (Å²) >= 11 is 1.33. The number of thioether (sulfide) groups is 1. The SMILES string of the molecule is CCCN(C(=O)CSc1n[nH]c(CC2CCCC2)n1)C1CCS(=O)(=O)C1. The summed E-state index contributed by atoms with van der Waals surface area (Å²) in [6.07, 6.45) is 7.43. The number of carbonyl (C=O) groups excluding carboxylic acids is 1. The van der Waals surface area contributed by atoms with E-state index in [1.807, 2.05) is 6.92 Å². The zero-order chi connectivity index (χ0) is 18.6. The second kappa shape index (κ2) is 8.73. The molecule has 26 heavy (non-hydrogen) atoms. The predicted molar refractivity (Wildman–Crippen MR) is 102 cm³/mol. The van der Waals surface area contributed by atoms with Crippen LogP contribution in [-0.2, 0) is 21.1 Å². The first-order chi connectivity index (χ1) is 12.5. The maximum Gasteiger partial charge on any atom is 0.233 e. The molecule has 1 atom stereocenters. The molecule has 3 rings (SSSR count). The third-order valence-corrected chi connectivity index (χ3v) is 7.81. The van der Waals surface area contributed by atoms with Gasteiger partial charge in [0.25, 0.3) is 0 Å². The van der Waals surface area contributed by atoms with Gasteiger partial charge < -0.3 is 4.90 Å². The molecule has 146 valence electrons. The van der Waals surface area contributed by atoms with Crippen LogP contribution in [0.5, 0.6) is 0 Å². The molecule has 1 aliphatic heterocycles. The van der Waals surface area contributed by atoms with Crippen molar-refractivity contribution < 1.29 is 13.2 Å². The number of amides is 1. The van der Waals surface area contributed by atoms with Crippen LogP contribution in [0.4, 0.5) is 0 Å². The van der Waals surface area contributed by atoms with Crippen molar-refractivity contribution in [2.75, 3.05) is 23.8 Å². The molecule has 2 fully saturated rings. The number of rotatable bonds is 8. The lowest BCUT2D eigenvalue weighted by Gasteiger charge is -2.27. The first-order valence-electron chi connectivity index (χ1n) is 9.51. The van der Waals surface area contributed by atoms with Crippen molar-refractivity contribution in [2.45, 2.75) is 63.1 Å². The highest BCUT2D eigenvalue weighted by Gasteiger charge is 2.34. The van der Waals surface area contributed by atoms with E-state index in [1.165, 1.54) is 37.4 Å². The van der Waals surface area contributed by atoms with E-state index < -0.39 is 9.84 Å². The fraction of sp³-hybridized carbons (Fsp3) is 0.824. The second-order valence-electron chi connectivity index (χ2n) is 7.35. The van der Waals surface area contributed by atoms with Crippen molar-refractivity contribution in [1.82, 2.24) is 20.1 Å². The van der Waals surface area contributed by atoms with E-state index in [0.717, 1.165) is 18.7 Å². The first kappa shape index (κ1) is 19.7. The largest absolute Gasteiger partial charge is 0.338 e. The molecule has 1 aromatic heterocycles. The Balaban J connectivity index is 1.52. The molecular formula is C17H28N4O3S2. The van der Waals surface area contributed by atoms with Crippen LogP contribution in [-0.4, -0.2) is 64.3 Å². The minimum absolute atomic E-state index is 0.0268. The second-order valence-corrected chi connectivity index (χ2v) is 10.5. The Kier molecular flexibility index (Phi) is 6.60. The highest BCUT2D eigenvalue weighted by Crippen LogP contribution is 2.27. The van der Waals surface area contributed by atoms with Crippen molar-refractivity contribution >= 4 is 27.5 Å². The molecule has 1 saturated carbocycles. The van der Waals surface area contributed by atoms with Crippen LogP contribution < -0.4 is 0 Å². The Labute approximate surface area is 159 Å². The first-order valence-corrected chi connectivity index (χ1v) is 12.3. The van der Waals surface area contributed by atoms with E-state index >= 15 is 0 Å². The van der Waals surface area contributed by atoms with Crippen LogP contribution in [0.3, 0.4) is 0 Å². The number of H-pyrrole nitrogens is 1. The minimum atomic E-state index is -3.00. The summed E-state index contributed by atoms with van der Waals surface area (Å²) in [4.78, 5) is 18.9. The van der Waals surface area contributed by atoms with Gasteiger partial charge >= 0.3 is 0 Å². The lowest BCUT2D eigenvalue weighted by Crippen LogP contribution is -2.42. The van der Waals surface area contributed by atoms with Gasteiger partial charge in [0.1, 0.15) is 5.82 Å². The summed E-state index contributed by atoms with van der Waals surface area (Å²) in [5, 5.41) is 7.81. The summed E-state index contributed by atoms with van der Waals surface area (Å²) < 4.78 is 23.5. The summed E-state index contributed by atoms with van der Waals surface area (Å²) in [5.74, 6) is 2.10. The highest BCUT2D eigenvalue weighted by atomic mass is 32.2. The molecular weight excluding hydrogens is 372 g/mol. The van der Waals surface area contributed by atoms with Crippen LogP contribution >= 0.6 is 11.8 Å². The minimum Gasteiger partial charge on any atom is -0.338 e. The Morgan fingerprint density at radius 2 is 2.08 bits per heavy atom. The van der Waals surface area contributed by atoms with Gasteiger partial charge in [0.15, 0.2) is 9.84 Å². The van der Waals surface area contributed by atoms with E-state index in [1.54, 1.807) is 4.90 Å². The average molecular weight is 401 g/mol. The maximum absolute atomic E-state index is 12.6. The van der Waals surface area contributed by atoms with Gasteiger partial charge in [0.2, 0.25) is 11.1 Å². The third-order valence-electron chi connectivity index (χ3n) is 5.23. The Bertz CT molecular complexity index is 713. The summed E-state index contributed by atoms with van der Waals surface area (Å²) in [6, 6.07) is -0.182. The number of hydrogen-bond donors (Lipinski definition) is 1. The van der Waals surface area contributed by atoms with Crippen molar-refractivity contribution in [2.24, 2.45) is 5.92 Å². The third kappa shape index (κ3) is 5.22. The molecule has 1 aliphatic carbocycles. The van der Waals surface area contributed by atoms with Gasteiger partial charge in [-0.3, -0.25) is 9.89 Å². The number of nitrogens with one attached hydrogen (secondary N) is 1. The molecule has 0 radical (unpaired) electrons. The van der Waals surface area contributed by atoms with E-state index in [9.17, 15) is 13.2 Å². The van der Waals surface area contributed by atoms with Crippen molar-refractivity contribution in [1.29, 1.82) is 0 Å². The number of carbonyl (C=O) groups is 1. The zero-order valence-corrected chi connectivity index (χ0v) is 16.9.